The number of aliphatic hydroxyl groups excluding tert-OH is 1. The molecular weight excluding hydrogens is 244 g/mol. The van der Waals surface area contributed by atoms with Crippen molar-refractivity contribution in [3.05, 3.63) is 30.2 Å². The van der Waals surface area contributed by atoms with Gasteiger partial charge in [-0.2, -0.15) is 5.10 Å². The number of aliphatic hydroxyl groups is 1. The highest BCUT2D eigenvalue weighted by Gasteiger charge is 2.16. The molecule has 92 valence electrons. The summed E-state index contributed by atoms with van der Waals surface area (Å²) in [6.45, 7) is -0.237. The van der Waals surface area contributed by atoms with Gasteiger partial charge >= 0.3 is 0 Å². The van der Waals surface area contributed by atoms with Gasteiger partial charge in [0, 0.05) is 31.2 Å². The van der Waals surface area contributed by atoms with E-state index < -0.39 is 10.0 Å². The van der Waals surface area contributed by atoms with E-state index in [0.29, 0.717) is 5.69 Å². The molecule has 0 fully saturated rings. The van der Waals surface area contributed by atoms with E-state index in [4.69, 9.17) is 5.11 Å². The van der Waals surface area contributed by atoms with E-state index in [1.807, 2.05) is 0 Å². The van der Waals surface area contributed by atoms with Gasteiger partial charge < -0.3 is 10.1 Å². The number of nitrogens with one attached hydrogen (secondary N) is 2. The Bertz CT molecular complexity index is 614. The monoisotopic (exact) mass is 256 g/mol. The molecule has 2 heterocycles. The van der Waals surface area contributed by atoms with Crippen molar-refractivity contribution in [1.82, 2.24) is 14.8 Å². The zero-order valence-corrected chi connectivity index (χ0v) is 9.90. The number of aromatic amines is 1. The van der Waals surface area contributed by atoms with Gasteiger partial charge in [0.15, 0.2) is 5.82 Å². The second-order valence-electron chi connectivity index (χ2n) is 3.50. The first-order valence-corrected chi connectivity index (χ1v) is 6.30. The minimum absolute atomic E-state index is 0.0622. The molecule has 3 N–H and O–H groups in total. The van der Waals surface area contributed by atoms with Crippen molar-refractivity contribution >= 4 is 15.8 Å². The number of H-pyrrole nitrogens is 1. The Kier molecular flexibility index (Phi) is 2.90. The van der Waals surface area contributed by atoms with E-state index in [1.54, 1.807) is 19.3 Å². The maximum atomic E-state index is 11.9. The number of nitrogens with zero attached hydrogens (tertiary/aromatic N) is 2. The third kappa shape index (κ3) is 2.48. The number of hydrogen-bond donors (Lipinski definition) is 3. The lowest BCUT2D eigenvalue weighted by Gasteiger charge is -2.02. The summed E-state index contributed by atoms with van der Waals surface area (Å²) < 4.78 is 27.6. The second-order valence-corrected chi connectivity index (χ2v) is 5.18. The zero-order valence-electron chi connectivity index (χ0n) is 9.08. The maximum absolute atomic E-state index is 11.9. The van der Waals surface area contributed by atoms with Gasteiger partial charge in [-0.15, -0.1) is 0 Å². The molecule has 0 unspecified atom stereocenters. The molecule has 2 aromatic heterocycles. The summed E-state index contributed by atoms with van der Waals surface area (Å²) in [6.07, 6.45) is 2.95. The number of aryl methyl sites for hydroxylation is 1. The molecule has 2 rings (SSSR count). The van der Waals surface area contributed by atoms with Crippen molar-refractivity contribution in [3.8, 4) is 0 Å². The van der Waals surface area contributed by atoms with E-state index in [2.05, 4.69) is 14.8 Å². The number of rotatable bonds is 4. The van der Waals surface area contributed by atoms with Gasteiger partial charge in [0.05, 0.1) is 6.61 Å². The molecule has 0 atom stereocenters. The van der Waals surface area contributed by atoms with Crippen LogP contribution in [0.3, 0.4) is 0 Å². The minimum atomic E-state index is -3.66. The van der Waals surface area contributed by atoms with Gasteiger partial charge in [-0.25, -0.2) is 8.42 Å². The third-order valence-electron chi connectivity index (χ3n) is 2.15. The minimum Gasteiger partial charge on any atom is -0.390 e. The molecule has 0 bridgehead atoms. The van der Waals surface area contributed by atoms with Crippen LogP contribution in [0.4, 0.5) is 5.82 Å². The first-order chi connectivity index (χ1) is 8.01. The van der Waals surface area contributed by atoms with Gasteiger partial charge in [-0.05, 0) is 6.07 Å². The predicted molar refractivity (Wildman–Crippen MR) is 60.7 cm³/mol. The Hall–Kier alpha value is -1.80. The van der Waals surface area contributed by atoms with E-state index in [9.17, 15) is 8.42 Å². The molecule has 0 aliphatic rings. The van der Waals surface area contributed by atoms with Crippen LogP contribution in [0.15, 0.2) is 29.4 Å². The van der Waals surface area contributed by atoms with Crippen molar-refractivity contribution in [2.24, 2.45) is 7.05 Å². The third-order valence-corrected chi connectivity index (χ3v) is 3.48. The number of aromatic nitrogens is 3. The molecule has 0 aliphatic heterocycles. The van der Waals surface area contributed by atoms with Crippen LogP contribution in [0.25, 0.3) is 0 Å². The fourth-order valence-electron chi connectivity index (χ4n) is 1.33. The number of hydrogen-bond acceptors (Lipinski definition) is 4. The molecule has 2 aromatic rings. The molecule has 0 radical (unpaired) electrons. The van der Waals surface area contributed by atoms with E-state index in [0.717, 1.165) is 0 Å². The summed E-state index contributed by atoms with van der Waals surface area (Å²) >= 11 is 0. The van der Waals surface area contributed by atoms with Crippen LogP contribution in [0.1, 0.15) is 5.69 Å². The normalized spacial score (nSPS) is 11.6. The first kappa shape index (κ1) is 11.7. The van der Waals surface area contributed by atoms with Crippen LogP contribution >= 0.6 is 0 Å². The lowest BCUT2D eigenvalue weighted by molar-refractivity contribution is 0.277. The summed E-state index contributed by atoms with van der Waals surface area (Å²) in [5.74, 6) is 0.249. The lowest BCUT2D eigenvalue weighted by atomic mass is 10.5. The Morgan fingerprint density at radius 1 is 1.59 bits per heavy atom. The summed E-state index contributed by atoms with van der Waals surface area (Å²) in [4.78, 5) is 2.72. The van der Waals surface area contributed by atoms with Crippen LogP contribution in [0, 0.1) is 0 Å². The average Bonchev–Trinajstić information content (AvgIpc) is 2.86. The Labute approximate surface area is 98.1 Å². The van der Waals surface area contributed by atoms with E-state index >= 15 is 0 Å². The van der Waals surface area contributed by atoms with Crippen LogP contribution < -0.4 is 4.72 Å². The van der Waals surface area contributed by atoms with Crippen LogP contribution in [0.2, 0.25) is 0 Å². The quantitative estimate of drug-likeness (QED) is 0.719. The van der Waals surface area contributed by atoms with Gasteiger partial charge in [0.25, 0.3) is 10.0 Å². The maximum Gasteiger partial charge on any atom is 0.264 e. The Balaban J connectivity index is 2.24. The highest BCUT2D eigenvalue weighted by molar-refractivity contribution is 7.92. The fraction of sp³-hybridized carbons (Fsp3) is 0.222. The fourth-order valence-corrected chi connectivity index (χ4v) is 2.34. The molecule has 7 nitrogen and oxygen atoms in total. The molecule has 0 saturated carbocycles. The number of sulfonamides is 1. The van der Waals surface area contributed by atoms with Crippen molar-refractivity contribution < 1.29 is 13.5 Å². The Morgan fingerprint density at radius 3 is 2.88 bits per heavy atom. The highest BCUT2D eigenvalue weighted by Crippen LogP contribution is 2.15. The molecule has 8 heteroatoms. The molecule has 0 aliphatic carbocycles. The summed E-state index contributed by atoms with van der Waals surface area (Å²) in [6, 6.07) is 2.92. The van der Waals surface area contributed by atoms with Crippen molar-refractivity contribution in [1.29, 1.82) is 0 Å². The van der Waals surface area contributed by atoms with E-state index in [-0.39, 0.29) is 17.3 Å². The highest BCUT2D eigenvalue weighted by atomic mass is 32.2. The van der Waals surface area contributed by atoms with Crippen LogP contribution in [-0.4, -0.2) is 28.3 Å². The number of anilines is 1. The van der Waals surface area contributed by atoms with Crippen molar-refractivity contribution in [3.63, 3.8) is 0 Å². The Morgan fingerprint density at radius 2 is 2.35 bits per heavy atom. The first-order valence-electron chi connectivity index (χ1n) is 4.82. The van der Waals surface area contributed by atoms with Gasteiger partial charge in [-0.3, -0.25) is 9.40 Å². The molecule has 0 amide bonds. The molecule has 0 saturated heterocycles. The van der Waals surface area contributed by atoms with Gasteiger partial charge in [0.2, 0.25) is 0 Å². The van der Waals surface area contributed by atoms with Crippen LogP contribution in [0.5, 0.6) is 0 Å². The largest absolute Gasteiger partial charge is 0.390 e. The van der Waals surface area contributed by atoms with Crippen molar-refractivity contribution in [2.75, 3.05) is 4.72 Å². The van der Waals surface area contributed by atoms with Crippen LogP contribution in [-0.2, 0) is 23.7 Å². The lowest BCUT2D eigenvalue weighted by Crippen LogP contribution is -2.12. The summed E-state index contributed by atoms with van der Waals surface area (Å²) in [7, 11) is -1.97. The molecular formula is C9H12N4O3S. The smallest absolute Gasteiger partial charge is 0.264 e. The SMILES string of the molecule is Cn1ccc(NS(=O)(=O)c2c[nH]c(CO)c2)n1. The average molecular weight is 256 g/mol. The topological polar surface area (TPSA) is 100 Å². The predicted octanol–water partition coefficient (Wildman–Crippen LogP) is 0.0413. The second kappa shape index (κ2) is 4.22. The van der Waals surface area contributed by atoms with E-state index in [1.165, 1.54) is 16.9 Å². The van der Waals surface area contributed by atoms with Gasteiger partial charge in [0.1, 0.15) is 4.90 Å². The zero-order chi connectivity index (χ0) is 12.5. The summed E-state index contributed by atoms with van der Waals surface area (Å²) in [5.41, 5.74) is 0.436. The molecule has 17 heavy (non-hydrogen) atoms. The molecule has 0 spiro atoms. The standard InChI is InChI=1S/C9H12N4O3S/c1-13-3-2-9(11-13)12-17(15,16)8-4-7(6-14)10-5-8/h2-5,10,14H,6H2,1H3,(H,11,12). The van der Waals surface area contributed by atoms with Crippen molar-refractivity contribution in [2.45, 2.75) is 11.5 Å². The summed E-state index contributed by atoms with van der Waals surface area (Å²) in [5, 5.41) is 12.8. The van der Waals surface area contributed by atoms with Gasteiger partial charge in [-0.1, -0.05) is 0 Å². The molecule has 0 aromatic carbocycles.